The predicted octanol–water partition coefficient (Wildman–Crippen LogP) is 0.988. The van der Waals surface area contributed by atoms with E-state index in [9.17, 15) is 14.4 Å². The van der Waals surface area contributed by atoms with Gasteiger partial charge in [-0.15, -0.1) is 0 Å². The van der Waals surface area contributed by atoms with Crippen LogP contribution in [-0.2, 0) is 25.6 Å². The van der Waals surface area contributed by atoms with Crippen LogP contribution in [0.5, 0.6) is 0 Å². The molecule has 1 aromatic rings. The summed E-state index contributed by atoms with van der Waals surface area (Å²) < 4.78 is 9.14. The van der Waals surface area contributed by atoms with Crippen molar-refractivity contribution in [3.8, 4) is 0 Å². The van der Waals surface area contributed by atoms with Gasteiger partial charge >= 0.3 is 18.0 Å². The SMILES string of the molecule is COC(=O)/C=C(/Nc1ccc2c(c1)N(C)C(=O)NC2)C(=O)OC. The van der Waals surface area contributed by atoms with E-state index < -0.39 is 11.9 Å². The van der Waals surface area contributed by atoms with Crippen LogP contribution in [0.15, 0.2) is 30.0 Å². The van der Waals surface area contributed by atoms with Crippen molar-refractivity contribution < 1.29 is 23.9 Å². The van der Waals surface area contributed by atoms with Crippen molar-refractivity contribution in [1.29, 1.82) is 0 Å². The van der Waals surface area contributed by atoms with Gasteiger partial charge in [-0.25, -0.2) is 14.4 Å². The molecule has 0 radical (unpaired) electrons. The number of nitrogens with zero attached hydrogens (tertiary/aromatic N) is 1. The summed E-state index contributed by atoms with van der Waals surface area (Å²) in [7, 11) is 4.06. The first-order valence-corrected chi connectivity index (χ1v) is 6.75. The first kappa shape index (κ1) is 16.3. The van der Waals surface area contributed by atoms with Gasteiger partial charge in [0, 0.05) is 19.3 Å². The van der Waals surface area contributed by atoms with Crippen molar-refractivity contribution in [2.75, 3.05) is 31.5 Å². The van der Waals surface area contributed by atoms with E-state index in [0.717, 1.165) is 11.6 Å². The van der Waals surface area contributed by atoms with Crippen LogP contribution in [0, 0.1) is 0 Å². The number of esters is 2. The quantitative estimate of drug-likeness (QED) is 0.634. The zero-order valence-corrected chi connectivity index (χ0v) is 13.0. The molecule has 0 atom stereocenters. The summed E-state index contributed by atoms with van der Waals surface area (Å²) in [6.07, 6.45) is 1.00. The van der Waals surface area contributed by atoms with Crippen LogP contribution < -0.4 is 15.5 Å². The first-order valence-electron chi connectivity index (χ1n) is 6.75. The normalized spacial score (nSPS) is 13.8. The Balaban J connectivity index is 2.31. The van der Waals surface area contributed by atoms with Gasteiger partial charge in [-0.3, -0.25) is 4.90 Å². The number of hydrogen-bond acceptors (Lipinski definition) is 6. The van der Waals surface area contributed by atoms with Gasteiger partial charge in [0.1, 0.15) is 5.70 Å². The first-order chi connectivity index (χ1) is 11.0. The van der Waals surface area contributed by atoms with E-state index in [1.807, 2.05) is 6.07 Å². The van der Waals surface area contributed by atoms with Crippen molar-refractivity contribution in [1.82, 2.24) is 5.32 Å². The topological polar surface area (TPSA) is 97.0 Å². The molecule has 0 unspecified atom stereocenters. The molecule has 2 N–H and O–H groups in total. The molecule has 1 aromatic carbocycles. The maximum Gasteiger partial charge on any atom is 0.354 e. The van der Waals surface area contributed by atoms with E-state index >= 15 is 0 Å². The highest BCUT2D eigenvalue weighted by Gasteiger charge is 2.21. The zero-order chi connectivity index (χ0) is 17.0. The lowest BCUT2D eigenvalue weighted by atomic mass is 10.1. The van der Waals surface area contributed by atoms with Crippen molar-refractivity contribution in [2.24, 2.45) is 0 Å². The number of carbonyl (C=O) groups excluding carboxylic acids is 3. The van der Waals surface area contributed by atoms with Gasteiger partial charge in [0.15, 0.2) is 0 Å². The van der Waals surface area contributed by atoms with Crippen LogP contribution in [0.1, 0.15) is 5.56 Å². The van der Waals surface area contributed by atoms with Crippen LogP contribution in [-0.4, -0.2) is 39.2 Å². The third-order valence-corrected chi connectivity index (χ3v) is 3.33. The summed E-state index contributed by atoms with van der Waals surface area (Å²) in [6, 6.07) is 5.05. The fourth-order valence-corrected chi connectivity index (χ4v) is 2.09. The second-order valence-electron chi connectivity index (χ2n) is 4.76. The Morgan fingerprint density at radius 1 is 1.30 bits per heavy atom. The number of rotatable bonds is 4. The number of fused-ring (bicyclic) bond motifs is 1. The Morgan fingerprint density at radius 2 is 2.04 bits per heavy atom. The van der Waals surface area contributed by atoms with Crippen LogP contribution in [0.4, 0.5) is 16.2 Å². The second-order valence-corrected chi connectivity index (χ2v) is 4.76. The Labute approximate surface area is 133 Å². The van der Waals surface area contributed by atoms with Crippen LogP contribution >= 0.6 is 0 Å². The van der Waals surface area contributed by atoms with Crippen molar-refractivity contribution >= 4 is 29.3 Å². The Hall–Kier alpha value is -3.03. The molecule has 0 fully saturated rings. The summed E-state index contributed by atoms with van der Waals surface area (Å²) in [5, 5.41) is 5.54. The number of amides is 2. The van der Waals surface area contributed by atoms with Gasteiger partial charge in [0.05, 0.1) is 26.0 Å². The molecule has 0 saturated carbocycles. The number of ether oxygens (including phenoxy) is 2. The van der Waals surface area contributed by atoms with Gasteiger partial charge in [0.25, 0.3) is 0 Å². The number of anilines is 2. The highest BCUT2D eigenvalue weighted by Crippen LogP contribution is 2.27. The molecule has 122 valence electrons. The molecule has 2 rings (SSSR count). The van der Waals surface area contributed by atoms with E-state index in [1.54, 1.807) is 19.2 Å². The minimum Gasteiger partial charge on any atom is -0.466 e. The molecule has 8 heteroatoms. The standard InChI is InChI=1S/C15H17N3O5/c1-18-12-6-10(5-4-9(12)8-16-15(18)21)17-11(14(20)23-3)7-13(19)22-2/h4-7,17H,8H2,1-3H3,(H,16,21)/b11-7+. The highest BCUT2D eigenvalue weighted by molar-refractivity contribution is 5.99. The largest absolute Gasteiger partial charge is 0.466 e. The fraction of sp³-hybridized carbons (Fsp3) is 0.267. The molecule has 1 aliphatic heterocycles. The highest BCUT2D eigenvalue weighted by atomic mass is 16.5. The number of urea groups is 1. The molecule has 2 amide bonds. The van der Waals surface area contributed by atoms with Crippen LogP contribution in [0.3, 0.4) is 0 Å². The smallest absolute Gasteiger partial charge is 0.354 e. The van der Waals surface area contributed by atoms with Gasteiger partial charge < -0.3 is 20.1 Å². The lowest BCUT2D eigenvalue weighted by molar-refractivity contribution is -0.138. The van der Waals surface area contributed by atoms with Crippen LogP contribution in [0.2, 0.25) is 0 Å². The molecule has 1 heterocycles. The monoisotopic (exact) mass is 319 g/mol. The van der Waals surface area contributed by atoms with Crippen molar-refractivity contribution in [2.45, 2.75) is 6.54 Å². The zero-order valence-electron chi connectivity index (χ0n) is 13.0. The Morgan fingerprint density at radius 3 is 2.70 bits per heavy atom. The molecule has 0 saturated heterocycles. The number of hydrogen-bond donors (Lipinski definition) is 2. The third-order valence-electron chi connectivity index (χ3n) is 3.33. The van der Waals surface area contributed by atoms with Crippen LogP contribution in [0.25, 0.3) is 0 Å². The minimum absolute atomic E-state index is 0.0674. The average Bonchev–Trinajstić information content (AvgIpc) is 2.57. The minimum atomic E-state index is -0.709. The third kappa shape index (κ3) is 3.60. The van der Waals surface area contributed by atoms with Crippen molar-refractivity contribution in [3.05, 3.63) is 35.5 Å². The fourth-order valence-electron chi connectivity index (χ4n) is 2.09. The average molecular weight is 319 g/mol. The lowest BCUT2D eigenvalue weighted by Crippen LogP contribution is -2.41. The molecular formula is C15H17N3O5. The van der Waals surface area contributed by atoms with E-state index in [0.29, 0.717) is 17.9 Å². The summed E-state index contributed by atoms with van der Waals surface area (Å²) in [5.41, 5.74) is 2.11. The van der Waals surface area contributed by atoms with Gasteiger partial charge in [-0.2, -0.15) is 0 Å². The molecule has 23 heavy (non-hydrogen) atoms. The maximum atomic E-state index is 11.7. The molecule has 8 nitrogen and oxygen atoms in total. The van der Waals surface area contributed by atoms with Gasteiger partial charge in [-0.1, -0.05) is 6.07 Å². The van der Waals surface area contributed by atoms with E-state index in [1.165, 1.54) is 19.1 Å². The van der Waals surface area contributed by atoms with E-state index in [2.05, 4.69) is 20.1 Å². The predicted molar refractivity (Wildman–Crippen MR) is 82.8 cm³/mol. The Bertz CT molecular complexity index is 684. The number of carbonyl (C=O) groups is 3. The summed E-state index contributed by atoms with van der Waals surface area (Å²) in [4.78, 5) is 36.2. The van der Waals surface area contributed by atoms with E-state index in [4.69, 9.17) is 0 Å². The molecule has 1 aliphatic rings. The number of methoxy groups -OCH3 is 2. The number of nitrogens with one attached hydrogen (secondary N) is 2. The lowest BCUT2D eigenvalue weighted by Gasteiger charge is -2.27. The maximum absolute atomic E-state index is 11.7. The molecule has 0 aliphatic carbocycles. The van der Waals surface area contributed by atoms with E-state index in [-0.39, 0.29) is 11.7 Å². The summed E-state index contributed by atoms with van der Waals surface area (Å²) in [6.45, 7) is 0.431. The molecule has 0 spiro atoms. The van der Waals surface area contributed by atoms with Crippen molar-refractivity contribution in [3.63, 3.8) is 0 Å². The summed E-state index contributed by atoms with van der Waals surface area (Å²) in [5.74, 6) is -1.40. The summed E-state index contributed by atoms with van der Waals surface area (Å²) >= 11 is 0. The molecule has 0 bridgehead atoms. The number of benzene rings is 1. The van der Waals surface area contributed by atoms with Gasteiger partial charge in [-0.05, 0) is 17.7 Å². The second kappa shape index (κ2) is 6.82. The molecular weight excluding hydrogens is 302 g/mol. The Kier molecular flexibility index (Phi) is 4.85. The molecule has 0 aromatic heterocycles. The van der Waals surface area contributed by atoms with Gasteiger partial charge in [0.2, 0.25) is 0 Å².